The second-order valence-electron chi connectivity index (χ2n) is 7.87. The smallest absolute Gasteiger partial charge is 0.339 e. The second-order valence-corrected chi connectivity index (χ2v) is 7.87. The van der Waals surface area contributed by atoms with Gasteiger partial charge in [-0.2, -0.15) is 0 Å². The fraction of sp³-hybridized carbons (Fsp3) is 0.391. The number of rotatable bonds is 5. The molecule has 0 saturated carbocycles. The molecule has 0 aromatic heterocycles. The van der Waals surface area contributed by atoms with Crippen LogP contribution in [-0.2, 0) is 4.74 Å². The van der Waals surface area contributed by atoms with Crippen LogP contribution in [0.4, 0.5) is 0 Å². The van der Waals surface area contributed by atoms with E-state index in [0.717, 1.165) is 31.5 Å². The summed E-state index contributed by atoms with van der Waals surface area (Å²) < 4.78 is 5.90. The maximum atomic E-state index is 12.9. The number of piperidine rings is 1. The molecule has 1 saturated heterocycles. The number of ketones is 1. The largest absolute Gasteiger partial charge is 0.456 e. The Morgan fingerprint density at radius 2 is 1.56 bits per heavy atom. The van der Waals surface area contributed by atoms with Crippen molar-refractivity contribution >= 4 is 11.8 Å². The number of quaternary nitrogens is 1. The maximum Gasteiger partial charge on any atom is 0.339 e. The van der Waals surface area contributed by atoms with Crippen molar-refractivity contribution in [2.45, 2.75) is 39.2 Å². The van der Waals surface area contributed by atoms with Crippen molar-refractivity contribution in [3.05, 3.63) is 70.8 Å². The molecule has 0 aliphatic carbocycles. The lowest BCUT2D eigenvalue weighted by atomic mass is 9.83. The summed E-state index contributed by atoms with van der Waals surface area (Å²) in [6, 6.07) is 14.3. The number of carbonyl (C=O) groups is 2. The molecule has 0 spiro atoms. The van der Waals surface area contributed by atoms with E-state index in [4.69, 9.17) is 4.74 Å². The van der Waals surface area contributed by atoms with E-state index >= 15 is 0 Å². The maximum absolute atomic E-state index is 12.9. The lowest BCUT2D eigenvalue weighted by Gasteiger charge is -2.35. The molecule has 3 rings (SSSR count). The normalized spacial score (nSPS) is 15.4. The van der Waals surface area contributed by atoms with Gasteiger partial charge in [-0.05, 0) is 26.8 Å². The molecule has 0 unspecified atom stereocenters. The Balaban J connectivity index is 1.83. The van der Waals surface area contributed by atoms with Crippen molar-refractivity contribution in [3.63, 3.8) is 0 Å². The number of esters is 1. The number of aryl methyl sites for hydroxylation is 1. The lowest BCUT2D eigenvalue weighted by Crippen LogP contribution is -2.86. The average Bonchev–Trinajstić information content (AvgIpc) is 2.68. The van der Waals surface area contributed by atoms with Crippen LogP contribution >= 0.6 is 0 Å². The van der Waals surface area contributed by atoms with E-state index in [-0.39, 0.29) is 5.78 Å². The molecule has 0 radical (unpaired) electrons. The van der Waals surface area contributed by atoms with Crippen LogP contribution in [0, 0.1) is 12.8 Å². The molecule has 0 amide bonds. The Hall–Kier alpha value is -2.46. The monoisotopic (exact) mass is 366 g/mol. The number of hydrogen-bond donors (Lipinski definition) is 1. The molecule has 1 aliphatic rings. The molecular formula is C23H28NO3+. The third-order valence-electron chi connectivity index (χ3n) is 5.48. The van der Waals surface area contributed by atoms with Gasteiger partial charge in [-0.3, -0.25) is 4.79 Å². The van der Waals surface area contributed by atoms with Gasteiger partial charge in [0.25, 0.3) is 0 Å². The Kier molecular flexibility index (Phi) is 5.76. The van der Waals surface area contributed by atoms with Crippen molar-refractivity contribution in [1.82, 2.24) is 0 Å². The second kappa shape index (κ2) is 8.05. The van der Waals surface area contributed by atoms with Crippen LogP contribution in [0.5, 0.6) is 0 Å². The van der Waals surface area contributed by atoms with Crippen LogP contribution in [-0.4, -0.2) is 30.4 Å². The third kappa shape index (κ3) is 4.45. The lowest BCUT2D eigenvalue weighted by molar-refractivity contribution is -0.665. The summed E-state index contributed by atoms with van der Waals surface area (Å²) in [6.07, 6.45) is 2.06. The molecule has 4 heteroatoms. The molecule has 1 fully saturated rings. The van der Waals surface area contributed by atoms with E-state index in [2.05, 4.69) is 5.32 Å². The van der Waals surface area contributed by atoms with E-state index in [9.17, 15) is 9.59 Å². The minimum Gasteiger partial charge on any atom is -0.456 e. The van der Waals surface area contributed by atoms with E-state index in [1.807, 2.05) is 32.9 Å². The summed E-state index contributed by atoms with van der Waals surface area (Å²) in [5.41, 5.74) is 1.83. The first-order valence-electron chi connectivity index (χ1n) is 9.64. The molecular weight excluding hydrogens is 338 g/mol. The highest BCUT2D eigenvalue weighted by atomic mass is 16.6. The van der Waals surface area contributed by atoms with E-state index in [1.54, 1.807) is 36.4 Å². The molecule has 2 N–H and O–H groups in total. The highest BCUT2D eigenvalue weighted by molar-refractivity contribution is 6.14. The molecule has 1 aliphatic heterocycles. The van der Waals surface area contributed by atoms with Crippen LogP contribution in [0.1, 0.15) is 58.5 Å². The molecule has 2 aromatic carbocycles. The quantitative estimate of drug-likeness (QED) is 0.653. The van der Waals surface area contributed by atoms with Gasteiger partial charge >= 0.3 is 5.97 Å². The van der Waals surface area contributed by atoms with Crippen molar-refractivity contribution in [1.29, 1.82) is 0 Å². The third-order valence-corrected chi connectivity index (χ3v) is 5.48. The minimum atomic E-state index is -0.550. The van der Waals surface area contributed by atoms with Gasteiger partial charge in [-0.1, -0.05) is 48.0 Å². The van der Waals surface area contributed by atoms with E-state index in [0.29, 0.717) is 22.6 Å². The van der Waals surface area contributed by atoms with Crippen LogP contribution in [0.3, 0.4) is 0 Å². The van der Waals surface area contributed by atoms with Crippen molar-refractivity contribution < 1.29 is 19.6 Å². The highest BCUT2D eigenvalue weighted by Gasteiger charge is 2.36. The van der Waals surface area contributed by atoms with E-state index < -0.39 is 11.6 Å². The minimum absolute atomic E-state index is 0.160. The molecule has 0 atom stereocenters. The molecule has 2 aromatic rings. The summed E-state index contributed by atoms with van der Waals surface area (Å²) in [6.45, 7) is 8.06. The van der Waals surface area contributed by atoms with Crippen molar-refractivity contribution in [2.24, 2.45) is 5.92 Å². The summed E-state index contributed by atoms with van der Waals surface area (Å²) in [5.74, 6) is -0.246. The highest BCUT2D eigenvalue weighted by Crippen LogP contribution is 2.29. The van der Waals surface area contributed by atoms with Crippen molar-refractivity contribution in [2.75, 3.05) is 13.1 Å². The van der Waals surface area contributed by atoms with Gasteiger partial charge in [0.2, 0.25) is 0 Å². The van der Waals surface area contributed by atoms with Gasteiger partial charge in [0, 0.05) is 29.9 Å². The molecule has 4 nitrogen and oxygen atoms in total. The summed E-state index contributed by atoms with van der Waals surface area (Å²) in [5, 5.41) is 2.30. The predicted molar refractivity (Wildman–Crippen MR) is 105 cm³/mol. The first-order valence-corrected chi connectivity index (χ1v) is 9.64. The summed E-state index contributed by atoms with van der Waals surface area (Å²) in [4.78, 5) is 25.9. The van der Waals surface area contributed by atoms with Crippen molar-refractivity contribution in [3.8, 4) is 0 Å². The fourth-order valence-corrected chi connectivity index (χ4v) is 3.72. The van der Waals surface area contributed by atoms with Gasteiger partial charge in [0.15, 0.2) is 5.78 Å². The SMILES string of the molecule is Cc1ccc(C(=O)c2ccccc2C(=O)OC(C)(C)C2CC[NH2+]CC2)cc1. The number of ether oxygens (including phenoxy) is 1. The number of hydrogen-bond acceptors (Lipinski definition) is 3. The van der Waals surface area contributed by atoms with Crippen LogP contribution in [0.2, 0.25) is 0 Å². The van der Waals surface area contributed by atoms with E-state index in [1.165, 1.54) is 0 Å². The Bertz CT molecular complexity index is 818. The Morgan fingerprint density at radius 3 is 2.19 bits per heavy atom. The number of benzene rings is 2. The standard InChI is InChI=1S/C23H27NO3/c1-16-8-10-17(11-9-16)21(25)19-6-4-5-7-20(19)22(26)27-23(2,3)18-12-14-24-15-13-18/h4-11,18,24H,12-15H2,1-3H3/p+1. The van der Waals surface area contributed by atoms with Gasteiger partial charge < -0.3 is 10.1 Å². The molecule has 0 bridgehead atoms. The summed E-state index contributed by atoms with van der Waals surface area (Å²) >= 11 is 0. The van der Waals surface area contributed by atoms with Gasteiger partial charge in [0.05, 0.1) is 18.7 Å². The molecule has 142 valence electrons. The number of nitrogens with two attached hydrogens (primary N) is 1. The average molecular weight is 366 g/mol. The van der Waals surface area contributed by atoms with Gasteiger partial charge in [-0.25, -0.2) is 4.79 Å². The van der Waals surface area contributed by atoms with Crippen LogP contribution in [0.15, 0.2) is 48.5 Å². The zero-order valence-electron chi connectivity index (χ0n) is 16.3. The fourth-order valence-electron chi connectivity index (χ4n) is 3.72. The summed E-state index contributed by atoms with van der Waals surface area (Å²) in [7, 11) is 0. The van der Waals surface area contributed by atoms with Crippen LogP contribution < -0.4 is 5.32 Å². The molecule has 1 heterocycles. The van der Waals surface area contributed by atoms with Gasteiger partial charge in [0.1, 0.15) is 5.60 Å². The Labute approximate surface area is 160 Å². The Morgan fingerprint density at radius 1 is 0.963 bits per heavy atom. The predicted octanol–water partition coefficient (Wildman–Crippen LogP) is 3.13. The zero-order valence-corrected chi connectivity index (χ0v) is 16.3. The molecule has 27 heavy (non-hydrogen) atoms. The van der Waals surface area contributed by atoms with Gasteiger partial charge in [-0.15, -0.1) is 0 Å². The first kappa shape index (κ1) is 19.3. The number of carbonyl (C=O) groups excluding carboxylic acids is 2. The first-order chi connectivity index (χ1) is 12.9. The topological polar surface area (TPSA) is 60.0 Å². The zero-order chi connectivity index (χ0) is 19.4. The van der Waals surface area contributed by atoms with Crippen LogP contribution in [0.25, 0.3) is 0 Å².